The molecule has 0 saturated heterocycles. The van der Waals surface area contributed by atoms with Gasteiger partial charge in [0.15, 0.2) is 0 Å². The first kappa shape index (κ1) is 13.8. The van der Waals surface area contributed by atoms with E-state index in [-0.39, 0.29) is 6.04 Å². The van der Waals surface area contributed by atoms with E-state index in [1.807, 2.05) is 19.2 Å². The summed E-state index contributed by atoms with van der Waals surface area (Å²) >= 11 is 1.40. The van der Waals surface area contributed by atoms with Gasteiger partial charge in [-0.25, -0.2) is 0 Å². The van der Waals surface area contributed by atoms with E-state index in [1.54, 1.807) is 19.5 Å². The number of methoxy groups -OCH3 is 1. The van der Waals surface area contributed by atoms with Crippen LogP contribution in [-0.4, -0.2) is 36.2 Å². The molecule has 2 N–H and O–H groups in total. The fraction of sp³-hybridized carbons (Fsp3) is 0.385. The highest BCUT2D eigenvalue weighted by molar-refractivity contribution is 7.11. The maximum absolute atomic E-state index is 6.00. The molecule has 2 rings (SSSR count). The second kappa shape index (κ2) is 5.99. The summed E-state index contributed by atoms with van der Waals surface area (Å²) in [6, 6.07) is 4.14. The van der Waals surface area contributed by atoms with Crippen molar-refractivity contribution in [2.75, 3.05) is 31.4 Å². The summed E-state index contributed by atoms with van der Waals surface area (Å²) in [5.41, 5.74) is 7.93. The number of anilines is 2. The van der Waals surface area contributed by atoms with Crippen molar-refractivity contribution < 1.29 is 4.74 Å². The van der Waals surface area contributed by atoms with Crippen LogP contribution >= 0.6 is 11.5 Å². The molecule has 2 aromatic heterocycles. The maximum Gasteiger partial charge on any atom is 0.147 e. The molecule has 0 spiro atoms. The first-order valence-electron chi connectivity index (χ1n) is 6.02. The first-order chi connectivity index (χ1) is 9.15. The summed E-state index contributed by atoms with van der Waals surface area (Å²) < 4.78 is 9.46. The number of hydrogen-bond donors (Lipinski definition) is 1. The summed E-state index contributed by atoms with van der Waals surface area (Å²) in [5, 5.41) is 1.04. The monoisotopic (exact) mass is 278 g/mol. The van der Waals surface area contributed by atoms with Gasteiger partial charge in [-0.05, 0) is 24.5 Å². The zero-order valence-corrected chi connectivity index (χ0v) is 12.1. The van der Waals surface area contributed by atoms with E-state index >= 15 is 0 Å². The lowest BCUT2D eigenvalue weighted by atomic mass is 10.1. The molecule has 19 heavy (non-hydrogen) atoms. The Labute approximate surface area is 117 Å². The van der Waals surface area contributed by atoms with E-state index in [0.717, 1.165) is 16.1 Å². The minimum Gasteiger partial charge on any atom is -0.383 e. The van der Waals surface area contributed by atoms with Crippen molar-refractivity contribution in [1.82, 2.24) is 9.36 Å². The van der Waals surface area contributed by atoms with E-state index in [2.05, 4.69) is 21.2 Å². The molecule has 5 nitrogen and oxygen atoms in total. The normalized spacial score (nSPS) is 12.4. The van der Waals surface area contributed by atoms with Crippen LogP contribution in [-0.2, 0) is 4.74 Å². The summed E-state index contributed by atoms with van der Waals surface area (Å²) in [5.74, 6) is 0.546. The summed E-state index contributed by atoms with van der Waals surface area (Å²) in [6.07, 6.45) is 3.55. The first-order valence-corrected chi connectivity index (χ1v) is 6.79. The van der Waals surface area contributed by atoms with Gasteiger partial charge in [0.05, 0.1) is 12.2 Å². The van der Waals surface area contributed by atoms with Crippen LogP contribution in [0.1, 0.15) is 6.92 Å². The number of ether oxygens (including phenoxy) is 1. The van der Waals surface area contributed by atoms with Crippen LogP contribution in [0.25, 0.3) is 11.1 Å². The highest BCUT2D eigenvalue weighted by Gasteiger charge is 2.20. The number of likely N-dealkylation sites (N-methyl/N-ethyl adjacent to an activating group) is 1. The molecule has 0 aliphatic carbocycles. The van der Waals surface area contributed by atoms with E-state index < -0.39 is 0 Å². The number of pyridine rings is 1. The largest absolute Gasteiger partial charge is 0.383 e. The molecule has 0 aliphatic heterocycles. The minimum absolute atomic E-state index is 0.250. The molecule has 0 bridgehead atoms. The fourth-order valence-electron chi connectivity index (χ4n) is 1.87. The summed E-state index contributed by atoms with van der Waals surface area (Å²) in [6.45, 7) is 2.76. The molecule has 1 unspecified atom stereocenters. The second-order valence-corrected chi connectivity index (χ2v) is 5.16. The lowest BCUT2D eigenvalue weighted by molar-refractivity contribution is 0.183. The van der Waals surface area contributed by atoms with E-state index in [9.17, 15) is 0 Å². The van der Waals surface area contributed by atoms with Gasteiger partial charge in [-0.3, -0.25) is 4.98 Å². The zero-order chi connectivity index (χ0) is 13.8. The number of hydrogen-bond acceptors (Lipinski definition) is 6. The number of nitrogens with two attached hydrogens (primary N) is 1. The summed E-state index contributed by atoms with van der Waals surface area (Å²) in [4.78, 5) is 6.28. The van der Waals surface area contributed by atoms with Crippen molar-refractivity contribution in [1.29, 1.82) is 0 Å². The SMILES string of the molecule is COCC(C)N(C)c1snc(N)c1-c1cccnc1. The standard InChI is InChI=1S/C13H18N4OS/c1-9(8-18-3)17(2)13-11(12(14)16-19-13)10-5-4-6-15-7-10/h4-7,9H,8H2,1-3H3,(H2,14,16). The van der Waals surface area contributed by atoms with Crippen LogP contribution in [0, 0.1) is 0 Å². The third-order valence-electron chi connectivity index (χ3n) is 3.04. The van der Waals surface area contributed by atoms with Crippen molar-refractivity contribution in [3.8, 4) is 11.1 Å². The van der Waals surface area contributed by atoms with Gasteiger partial charge in [-0.1, -0.05) is 6.07 Å². The number of nitrogens with zero attached hydrogens (tertiary/aromatic N) is 3. The smallest absolute Gasteiger partial charge is 0.147 e. The van der Waals surface area contributed by atoms with Gasteiger partial charge in [0.25, 0.3) is 0 Å². The highest BCUT2D eigenvalue weighted by Crippen LogP contribution is 2.39. The molecule has 0 aliphatic rings. The van der Waals surface area contributed by atoms with Crippen LogP contribution in [0.4, 0.5) is 10.8 Å². The molecule has 0 saturated carbocycles. The Morgan fingerprint density at radius 2 is 2.32 bits per heavy atom. The fourth-order valence-corrected chi connectivity index (χ4v) is 2.77. The third-order valence-corrected chi connectivity index (χ3v) is 3.99. The van der Waals surface area contributed by atoms with Crippen LogP contribution in [0.3, 0.4) is 0 Å². The maximum atomic E-state index is 6.00. The predicted molar refractivity (Wildman–Crippen MR) is 79.5 cm³/mol. The lowest BCUT2D eigenvalue weighted by Crippen LogP contribution is -2.32. The van der Waals surface area contributed by atoms with Crippen LogP contribution in [0.2, 0.25) is 0 Å². The number of nitrogen functional groups attached to an aromatic ring is 1. The Morgan fingerprint density at radius 3 is 2.95 bits per heavy atom. The lowest BCUT2D eigenvalue weighted by Gasteiger charge is -2.25. The van der Waals surface area contributed by atoms with Crippen molar-refractivity contribution in [3.05, 3.63) is 24.5 Å². The van der Waals surface area contributed by atoms with Crippen molar-refractivity contribution in [2.45, 2.75) is 13.0 Å². The van der Waals surface area contributed by atoms with E-state index in [4.69, 9.17) is 10.5 Å². The Morgan fingerprint density at radius 1 is 1.53 bits per heavy atom. The van der Waals surface area contributed by atoms with Crippen molar-refractivity contribution >= 4 is 22.4 Å². The molecule has 102 valence electrons. The average Bonchev–Trinajstić information content (AvgIpc) is 2.81. The van der Waals surface area contributed by atoms with Gasteiger partial charge in [0, 0.05) is 38.2 Å². The molecule has 0 fully saturated rings. The minimum atomic E-state index is 0.250. The van der Waals surface area contributed by atoms with Crippen LogP contribution < -0.4 is 10.6 Å². The van der Waals surface area contributed by atoms with Crippen LogP contribution in [0.15, 0.2) is 24.5 Å². The Hall–Kier alpha value is -1.66. The average molecular weight is 278 g/mol. The molecular weight excluding hydrogens is 260 g/mol. The quantitative estimate of drug-likeness (QED) is 0.909. The number of rotatable bonds is 5. The van der Waals surface area contributed by atoms with Crippen molar-refractivity contribution in [3.63, 3.8) is 0 Å². The van der Waals surface area contributed by atoms with Gasteiger partial charge in [-0.15, -0.1) is 0 Å². The topological polar surface area (TPSA) is 64.3 Å². The zero-order valence-electron chi connectivity index (χ0n) is 11.3. The molecule has 0 radical (unpaired) electrons. The number of aromatic nitrogens is 2. The molecule has 2 heterocycles. The second-order valence-electron chi connectivity index (χ2n) is 4.40. The Balaban J connectivity index is 2.38. The van der Waals surface area contributed by atoms with Gasteiger partial charge in [0.2, 0.25) is 0 Å². The predicted octanol–water partition coefficient (Wildman–Crippen LogP) is 2.26. The Kier molecular flexibility index (Phi) is 4.34. The molecule has 0 amide bonds. The molecule has 1 atom stereocenters. The van der Waals surface area contributed by atoms with Crippen molar-refractivity contribution in [2.24, 2.45) is 0 Å². The highest BCUT2D eigenvalue weighted by atomic mass is 32.1. The van der Waals surface area contributed by atoms with Gasteiger partial charge < -0.3 is 15.4 Å². The Bertz CT molecular complexity index is 529. The van der Waals surface area contributed by atoms with Crippen LogP contribution in [0.5, 0.6) is 0 Å². The molecule has 0 aromatic carbocycles. The van der Waals surface area contributed by atoms with E-state index in [0.29, 0.717) is 12.4 Å². The molecule has 2 aromatic rings. The van der Waals surface area contributed by atoms with Gasteiger partial charge in [0.1, 0.15) is 10.8 Å². The molecular formula is C13H18N4OS. The summed E-state index contributed by atoms with van der Waals surface area (Å²) in [7, 11) is 3.73. The third kappa shape index (κ3) is 2.85. The van der Waals surface area contributed by atoms with Gasteiger partial charge >= 0.3 is 0 Å². The van der Waals surface area contributed by atoms with E-state index in [1.165, 1.54) is 11.5 Å². The molecule has 6 heteroatoms. The van der Waals surface area contributed by atoms with Gasteiger partial charge in [-0.2, -0.15) is 4.37 Å².